The molecule has 0 bridgehead atoms. The number of benzene rings is 1. The van der Waals surface area contributed by atoms with E-state index in [4.69, 9.17) is 0 Å². The fourth-order valence-corrected chi connectivity index (χ4v) is 2.94. The molecule has 1 aliphatic rings. The molecule has 2 amide bonds. The zero-order chi connectivity index (χ0) is 19.4. The Kier molecular flexibility index (Phi) is 7.53. The summed E-state index contributed by atoms with van der Waals surface area (Å²) in [6.45, 7) is 5.21. The van der Waals surface area contributed by atoms with E-state index < -0.39 is 0 Å². The Bertz CT molecular complexity index is 816. The van der Waals surface area contributed by atoms with Gasteiger partial charge < -0.3 is 15.1 Å². The van der Waals surface area contributed by atoms with Gasteiger partial charge in [0.25, 0.3) is 5.91 Å². The first kappa shape index (κ1) is 21.8. The fourth-order valence-electron chi connectivity index (χ4n) is 2.94. The van der Waals surface area contributed by atoms with Crippen LogP contribution in [0.5, 0.6) is 0 Å². The summed E-state index contributed by atoms with van der Waals surface area (Å²) in [5, 5.41) is 7.09. The zero-order valence-electron chi connectivity index (χ0n) is 16.0. The van der Waals surface area contributed by atoms with E-state index in [1.807, 2.05) is 14.0 Å². The largest absolute Gasteiger partial charge is 0.350 e. The summed E-state index contributed by atoms with van der Waals surface area (Å²) in [4.78, 5) is 28.7. The van der Waals surface area contributed by atoms with Crippen molar-refractivity contribution >= 4 is 24.2 Å². The van der Waals surface area contributed by atoms with Crippen LogP contribution in [0.25, 0.3) is 0 Å². The third-order valence-electron chi connectivity index (χ3n) is 4.69. The molecule has 0 unspecified atom stereocenters. The van der Waals surface area contributed by atoms with Gasteiger partial charge in [0.15, 0.2) is 5.69 Å². The smallest absolute Gasteiger partial charge is 0.274 e. The predicted molar refractivity (Wildman–Crippen MR) is 106 cm³/mol. The quantitative estimate of drug-likeness (QED) is 0.811. The number of aryl methyl sites for hydroxylation is 1. The number of carbonyl (C=O) groups excluding carboxylic acids is 2. The Hall–Kier alpha value is -2.45. The summed E-state index contributed by atoms with van der Waals surface area (Å²) >= 11 is 0. The van der Waals surface area contributed by atoms with Gasteiger partial charge in [-0.3, -0.25) is 14.3 Å². The van der Waals surface area contributed by atoms with Crippen molar-refractivity contribution in [1.29, 1.82) is 0 Å². The molecule has 0 radical (unpaired) electrons. The SMILES string of the molecule is Cc1cc(C(=O)N2CCN(C)CC2)nn1CC(=O)NCc1ccc(F)cc1.Cl. The molecular weight excluding hydrogens is 385 g/mol. The van der Waals surface area contributed by atoms with E-state index in [2.05, 4.69) is 15.3 Å². The number of hydrogen-bond acceptors (Lipinski definition) is 4. The molecule has 0 aliphatic carbocycles. The highest BCUT2D eigenvalue weighted by Gasteiger charge is 2.23. The Morgan fingerprint density at radius 3 is 2.43 bits per heavy atom. The van der Waals surface area contributed by atoms with Crippen molar-refractivity contribution in [3.63, 3.8) is 0 Å². The number of carbonyl (C=O) groups is 2. The Balaban J connectivity index is 0.00000280. The van der Waals surface area contributed by atoms with Crippen LogP contribution in [0, 0.1) is 12.7 Å². The minimum atomic E-state index is -0.310. The third kappa shape index (κ3) is 5.53. The summed E-state index contributed by atoms with van der Waals surface area (Å²) in [6.07, 6.45) is 0. The Labute approximate surface area is 169 Å². The predicted octanol–water partition coefficient (Wildman–Crippen LogP) is 1.46. The number of rotatable bonds is 5. The molecule has 9 heteroatoms. The second kappa shape index (κ2) is 9.66. The second-order valence-electron chi connectivity index (χ2n) is 6.83. The highest BCUT2D eigenvalue weighted by molar-refractivity contribution is 5.92. The molecule has 7 nitrogen and oxygen atoms in total. The molecule has 1 aromatic carbocycles. The van der Waals surface area contributed by atoms with Crippen molar-refractivity contribution in [2.24, 2.45) is 0 Å². The number of likely N-dealkylation sites (N-methyl/N-ethyl adjacent to an activating group) is 1. The first-order chi connectivity index (χ1) is 12.9. The summed E-state index contributed by atoms with van der Waals surface area (Å²) in [5.41, 5.74) is 1.93. The lowest BCUT2D eigenvalue weighted by Crippen LogP contribution is -2.47. The molecular formula is C19H25ClFN5O2. The Morgan fingerprint density at radius 1 is 1.14 bits per heavy atom. The molecule has 28 heavy (non-hydrogen) atoms. The van der Waals surface area contributed by atoms with Crippen LogP contribution in [0.4, 0.5) is 4.39 Å². The van der Waals surface area contributed by atoms with Crippen LogP contribution in [-0.4, -0.2) is 64.6 Å². The average molecular weight is 410 g/mol. The minimum Gasteiger partial charge on any atom is -0.350 e. The van der Waals surface area contributed by atoms with Crippen molar-refractivity contribution in [2.45, 2.75) is 20.0 Å². The number of nitrogens with one attached hydrogen (secondary N) is 1. The van der Waals surface area contributed by atoms with Crippen LogP contribution in [0.1, 0.15) is 21.7 Å². The van der Waals surface area contributed by atoms with Gasteiger partial charge in [-0.2, -0.15) is 5.10 Å². The van der Waals surface area contributed by atoms with E-state index in [0.29, 0.717) is 25.3 Å². The summed E-state index contributed by atoms with van der Waals surface area (Å²) < 4.78 is 14.4. The van der Waals surface area contributed by atoms with E-state index in [1.165, 1.54) is 16.8 Å². The van der Waals surface area contributed by atoms with Crippen LogP contribution in [-0.2, 0) is 17.9 Å². The highest BCUT2D eigenvalue weighted by atomic mass is 35.5. The van der Waals surface area contributed by atoms with E-state index >= 15 is 0 Å². The van der Waals surface area contributed by atoms with Crippen molar-refractivity contribution in [3.05, 3.63) is 53.1 Å². The minimum absolute atomic E-state index is 0. The van der Waals surface area contributed by atoms with E-state index in [0.717, 1.165) is 24.3 Å². The van der Waals surface area contributed by atoms with Crippen molar-refractivity contribution in [3.8, 4) is 0 Å². The zero-order valence-corrected chi connectivity index (χ0v) is 16.8. The molecule has 0 spiro atoms. The van der Waals surface area contributed by atoms with Gasteiger partial charge in [0.05, 0.1) is 0 Å². The maximum absolute atomic E-state index is 12.9. The molecule has 0 saturated carbocycles. The second-order valence-corrected chi connectivity index (χ2v) is 6.83. The van der Waals surface area contributed by atoms with Crippen LogP contribution in [0.15, 0.2) is 30.3 Å². The van der Waals surface area contributed by atoms with Gasteiger partial charge in [0.1, 0.15) is 12.4 Å². The molecule has 1 aliphatic heterocycles. The van der Waals surface area contributed by atoms with Crippen molar-refractivity contribution in [2.75, 3.05) is 33.2 Å². The highest BCUT2D eigenvalue weighted by Crippen LogP contribution is 2.09. The molecule has 0 atom stereocenters. The fraction of sp³-hybridized carbons (Fsp3) is 0.421. The molecule has 1 saturated heterocycles. The molecule has 3 rings (SSSR count). The van der Waals surface area contributed by atoms with Gasteiger partial charge >= 0.3 is 0 Å². The van der Waals surface area contributed by atoms with E-state index in [1.54, 1.807) is 23.1 Å². The first-order valence-corrected chi connectivity index (χ1v) is 8.96. The van der Waals surface area contributed by atoms with Crippen LogP contribution in [0.2, 0.25) is 0 Å². The van der Waals surface area contributed by atoms with E-state index in [9.17, 15) is 14.0 Å². The number of aromatic nitrogens is 2. The average Bonchev–Trinajstić information content (AvgIpc) is 3.02. The first-order valence-electron chi connectivity index (χ1n) is 8.96. The lowest BCUT2D eigenvalue weighted by Gasteiger charge is -2.31. The molecule has 1 aromatic heterocycles. The van der Waals surface area contributed by atoms with E-state index in [-0.39, 0.29) is 36.6 Å². The monoisotopic (exact) mass is 409 g/mol. The Morgan fingerprint density at radius 2 is 1.79 bits per heavy atom. The topological polar surface area (TPSA) is 70.5 Å². The van der Waals surface area contributed by atoms with Gasteiger partial charge in [-0.25, -0.2) is 4.39 Å². The normalized spacial score (nSPS) is 14.5. The van der Waals surface area contributed by atoms with Crippen molar-refractivity contribution < 1.29 is 14.0 Å². The van der Waals surface area contributed by atoms with Crippen LogP contribution in [0.3, 0.4) is 0 Å². The molecule has 152 valence electrons. The maximum atomic E-state index is 12.9. The number of amides is 2. The van der Waals surface area contributed by atoms with Gasteiger partial charge in [-0.15, -0.1) is 12.4 Å². The molecule has 2 heterocycles. The van der Waals surface area contributed by atoms with Crippen LogP contribution < -0.4 is 5.32 Å². The summed E-state index contributed by atoms with van der Waals surface area (Å²) in [7, 11) is 2.03. The summed E-state index contributed by atoms with van der Waals surface area (Å²) in [6, 6.07) is 7.68. The molecule has 1 N–H and O–H groups in total. The number of hydrogen-bond donors (Lipinski definition) is 1. The van der Waals surface area contributed by atoms with Gasteiger partial charge in [0.2, 0.25) is 5.91 Å². The lowest BCUT2D eigenvalue weighted by molar-refractivity contribution is -0.122. The van der Waals surface area contributed by atoms with Gasteiger partial charge in [-0.05, 0) is 37.7 Å². The summed E-state index contributed by atoms with van der Waals surface area (Å²) in [5.74, 6) is -0.629. The van der Waals surface area contributed by atoms with Gasteiger partial charge in [-0.1, -0.05) is 12.1 Å². The maximum Gasteiger partial charge on any atom is 0.274 e. The molecule has 1 fully saturated rings. The third-order valence-corrected chi connectivity index (χ3v) is 4.69. The number of halogens is 2. The number of nitrogens with zero attached hydrogens (tertiary/aromatic N) is 4. The molecule has 2 aromatic rings. The van der Waals surface area contributed by atoms with Crippen LogP contribution >= 0.6 is 12.4 Å². The van der Waals surface area contributed by atoms with Crippen molar-refractivity contribution in [1.82, 2.24) is 24.9 Å². The lowest BCUT2D eigenvalue weighted by atomic mass is 10.2. The number of piperazine rings is 1. The standard InChI is InChI=1S/C19H24FN5O2.ClH/c1-14-11-17(19(27)24-9-7-23(2)8-10-24)22-25(14)13-18(26)21-12-15-3-5-16(20)6-4-15;/h3-6,11H,7-10,12-13H2,1-2H3,(H,21,26);1H. The van der Waals surface area contributed by atoms with Gasteiger partial charge in [0, 0.05) is 38.4 Å².